The van der Waals surface area contributed by atoms with Gasteiger partial charge in [0.25, 0.3) is 0 Å². The molecule has 2 amide bonds. The van der Waals surface area contributed by atoms with Gasteiger partial charge in [-0.05, 0) is 42.8 Å². The number of carbonyl (C=O) groups excluding carboxylic acids is 1. The Balaban J connectivity index is 2.08. The standard InChI is InChI=1S/C14H13F2N3O/c1-8-6-12(16)13(7-11(8)15)19-14(20)18-10-4-2-9(17)3-5-10/h2-7H,17H2,1H3,(H2,18,19,20). The Morgan fingerprint density at radius 1 is 1.05 bits per heavy atom. The van der Waals surface area contributed by atoms with Crippen molar-refractivity contribution in [2.75, 3.05) is 16.4 Å². The fourth-order valence-electron chi connectivity index (χ4n) is 1.59. The number of urea groups is 1. The Hall–Kier alpha value is -2.63. The lowest BCUT2D eigenvalue weighted by molar-refractivity contribution is 0.262. The van der Waals surface area contributed by atoms with E-state index in [0.29, 0.717) is 11.4 Å². The molecule has 4 N–H and O–H groups in total. The Labute approximate surface area is 114 Å². The summed E-state index contributed by atoms with van der Waals surface area (Å²) < 4.78 is 26.9. The Morgan fingerprint density at radius 2 is 1.70 bits per heavy atom. The predicted molar refractivity (Wildman–Crippen MR) is 74.6 cm³/mol. The summed E-state index contributed by atoms with van der Waals surface area (Å²) in [4.78, 5) is 11.7. The number of amides is 2. The second-order valence-corrected chi connectivity index (χ2v) is 4.28. The Bertz CT molecular complexity index is 642. The number of nitrogens with one attached hydrogen (secondary N) is 2. The topological polar surface area (TPSA) is 67.2 Å². The molecule has 0 aliphatic rings. The van der Waals surface area contributed by atoms with Gasteiger partial charge in [-0.15, -0.1) is 0 Å². The third-order valence-corrected chi connectivity index (χ3v) is 2.67. The van der Waals surface area contributed by atoms with Gasteiger partial charge in [-0.1, -0.05) is 0 Å². The molecular weight excluding hydrogens is 264 g/mol. The number of anilines is 3. The quantitative estimate of drug-likeness (QED) is 0.735. The molecule has 2 aromatic rings. The van der Waals surface area contributed by atoms with Crippen LogP contribution in [0.5, 0.6) is 0 Å². The van der Waals surface area contributed by atoms with E-state index in [9.17, 15) is 13.6 Å². The van der Waals surface area contributed by atoms with Crippen LogP contribution in [0.2, 0.25) is 0 Å². The highest BCUT2D eigenvalue weighted by Gasteiger charge is 2.10. The van der Waals surface area contributed by atoms with E-state index in [0.717, 1.165) is 12.1 Å². The lowest BCUT2D eigenvalue weighted by Gasteiger charge is -2.09. The van der Waals surface area contributed by atoms with Gasteiger partial charge in [0.15, 0.2) is 0 Å². The van der Waals surface area contributed by atoms with Crippen molar-refractivity contribution in [1.82, 2.24) is 0 Å². The monoisotopic (exact) mass is 277 g/mol. The zero-order valence-electron chi connectivity index (χ0n) is 10.7. The van der Waals surface area contributed by atoms with Crippen molar-refractivity contribution in [1.29, 1.82) is 0 Å². The summed E-state index contributed by atoms with van der Waals surface area (Å²) in [5.41, 5.74) is 6.51. The number of halogens is 2. The number of carbonyl (C=O) groups is 1. The Morgan fingerprint density at radius 3 is 2.35 bits per heavy atom. The molecule has 2 aromatic carbocycles. The van der Waals surface area contributed by atoms with E-state index in [2.05, 4.69) is 10.6 Å². The Kier molecular flexibility index (Phi) is 3.84. The number of benzene rings is 2. The highest BCUT2D eigenvalue weighted by atomic mass is 19.1. The lowest BCUT2D eigenvalue weighted by atomic mass is 10.2. The molecule has 0 bridgehead atoms. The van der Waals surface area contributed by atoms with Crippen molar-refractivity contribution in [3.8, 4) is 0 Å². The maximum atomic E-state index is 13.6. The molecular formula is C14H13F2N3O. The van der Waals surface area contributed by atoms with Crippen LogP contribution in [0.4, 0.5) is 30.6 Å². The first kappa shape index (κ1) is 13.8. The molecule has 0 spiro atoms. The maximum Gasteiger partial charge on any atom is 0.323 e. The first-order chi connectivity index (χ1) is 9.45. The molecule has 4 nitrogen and oxygen atoms in total. The van der Waals surface area contributed by atoms with E-state index in [1.807, 2.05) is 0 Å². The van der Waals surface area contributed by atoms with Crippen LogP contribution in [0.15, 0.2) is 36.4 Å². The third-order valence-electron chi connectivity index (χ3n) is 2.67. The van der Waals surface area contributed by atoms with Crippen LogP contribution in [-0.2, 0) is 0 Å². The van der Waals surface area contributed by atoms with E-state index in [1.165, 1.54) is 6.92 Å². The van der Waals surface area contributed by atoms with E-state index in [1.54, 1.807) is 24.3 Å². The summed E-state index contributed by atoms with van der Waals surface area (Å²) in [6.07, 6.45) is 0. The van der Waals surface area contributed by atoms with E-state index in [-0.39, 0.29) is 11.3 Å². The van der Waals surface area contributed by atoms with Gasteiger partial charge in [0.1, 0.15) is 11.6 Å². The zero-order valence-corrected chi connectivity index (χ0v) is 10.7. The summed E-state index contributed by atoms with van der Waals surface area (Å²) in [6.45, 7) is 1.44. The molecule has 104 valence electrons. The van der Waals surface area contributed by atoms with Crippen molar-refractivity contribution in [2.45, 2.75) is 6.92 Å². The van der Waals surface area contributed by atoms with Gasteiger partial charge < -0.3 is 16.4 Å². The zero-order chi connectivity index (χ0) is 14.7. The molecule has 0 fully saturated rings. The summed E-state index contributed by atoms with van der Waals surface area (Å²) in [7, 11) is 0. The molecule has 0 radical (unpaired) electrons. The molecule has 2 rings (SSSR count). The van der Waals surface area contributed by atoms with Crippen molar-refractivity contribution >= 4 is 23.1 Å². The predicted octanol–water partition coefficient (Wildman–Crippen LogP) is 3.50. The maximum absolute atomic E-state index is 13.6. The van der Waals surface area contributed by atoms with E-state index in [4.69, 9.17) is 5.73 Å². The second-order valence-electron chi connectivity index (χ2n) is 4.28. The van der Waals surface area contributed by atoms with Gasteiger partial charge in [-0.3, -0.25) is 0 Å². The largest absolute Gasteiger partial charge is 0.399 e. The number of nitrogens with two attached hydrogens (primary N) is 1. The molecule has 0 heterocycles. The minimum absolute atomic E-state index is 0.173. The third kappa shape index (κ3) is 3.23. The van der Waals surface area contributed by atoms with Gasteiger partial charge >= 0.3 is 6.03 Å². The molecule has 0 saturated carbocycles. The van der Waals surface area contributed by atoms with Gasteiger partial charge in [-0.2, -0.15) is 0 Å². The van der Waals surface area contributed by atoms with Crippen molar-refractivity contribution < 1.29 is 13.6 Å². The highest BCUT2D eigenvalue weighted by molar-refractivity contribution is 5.99. The summed E-state index contributed by atoms with van der Waals surface area (Å²) >= 11 is 0. The van der Waals surface area contributed by atoms with Gasteiger partial charge in [0.05, 0.1) is 5.69 Å². The highest BCUT2D eigenvalue weighted by Crippen LogP contribution is 2.19. The first-order valence-electron chi connectivity index (χ1n) is 5.85. The molecule has 0 aliphatic heterocycles. The SMILES string of the molecule is Cc1cc(F)c(NC(=O)Nc2ccc(N)cc2)cc1F. The van der Waals surface area contributed by atoms with Gasteiger partial charge in [0.2, 0.25) is 0 Å². The molecule has 0 atom stereocenters. The molecule has 0 saturated heterocycles. The average Bonchev–Trinajstić information content (AvgIpc) is 2.39. The van der Waals surface area contributed by atoms with Gasteiger partial charge in [-0.25, -0.2) is 13.6 Å². The number of rotatable bonds is 2. The number of hydrogen-bond acceptors (Lipinski definition) is 2. The van der Waals surface area contributed by atoms with Gasteiger partial charge in [0, 0.05) is 17.4 Å². The number of nitrogen functional groups attached to an aromatic ring is 1. The van der Waals surface area contributed by atoms with Crippen molar-refractivity contribution in [3.05, 3.63) is 53.6 Å². The molecule has 0 aliphatic carbocycles. The average molecular weight is 277 g/mol. The van der Waals surface area contributed by atoms with Crippen LogP contribution in [0.1, 0.15) is 5.56 Å². The molecule has 0 aromatic heterocycles. The smallest absolute Gasteiger partial charge is 0.323 e. The van der Waals surface area contributed by atoms with Crippen LogP contribution in [0.25, 0.3) is 0 Å². The van der Waals surface area contributed by atoms with E-state index < -0.39 is 17.7 Å². The summed E-state index contributed by atoms with van der Waals surface area (Å²) in [5.74, 6) is -1.29. The van der Waals surface area contributed by atoms with Crippen LogP contribution >= 0.6 is 0 Å². The first-order valence-corrected chi connectivity index (χ1v) is 5.85. The van der Waals surface area contributed by atoms with Crippen molar-refractivity contribution in [2.24, 2.45) is 0 Å². The fourth-order valence-corrected chi connectivity index (χ4v) is 1.59. The van der Waals surface area contributed by atoms with Crippen LogP contribution in [-0.4, -0.2) is 6.03 Å². The van der Waals surface area contributed by atoms with Crippen LogP contribution in [0.3, 0.4) is 0 Å². The minimum atomic E-state index is -0.698. The molecule has 6 heteroatoms. The number of hydrogen-bond donors (Lipinski definition) is 3. The van der Waals surface area contributed by atoms with Crippen LogP contribution < -0.4 is 16.4 Å². The molecule has 0 unspecified atom stereocenters. The summed E-state index contributed by atoms with van der Waals surface area (Å²) in [5, 5.41) is 4.73. The fraction of sp³-hybridized carbons (Fsp3) is 0.0714. The second kappa shape index (κ2) is 5.56. The molecule has 20 heavy (non-hydrogen) atoms. The lowest BCUT2D eigenvalue weighted by Crippen LogP contribution is -2.20. The summed E-state index contributed by atoms with van der Waals surface area (Å²) in [6, 6.07) is 7.71. The minimum Gasteiger partial charge on any atom is -0.399 e. The van der Waals surface area contributed by atoms with Crippen LogP contribution in [0, 0.1) is 18.6 Å². The van der Waals surface area contributed by atoms with E-state index >= 15 is 0 Å². The normalized spacial score (nSPS) is 10.2. The number of aryl methyl sites for hydroxylation is 1. The van der Waals surface area contributed by atoms with Crippen molar-refractivity contribution in [3.63, 3.8) is 0 Å².